The Balaban J connectivity index is 2.04. The van der Waals surface area contributed by atoms with Crippen LogP contribution in [0.25, 0.3) is 0 Å². The van der Waals surface area contributed by atoms with Gasteiger partial charge in [-0.15, -0.1) is 0 Å². The number of nitrogens with zero attached hydrogens (tertiary/aromatic N) is 1. The van der Waals surface area contributed by atoms with Gasteiger partial charge in [0.15, 0.2) is 11.6 Å². The normalized spacial score (nSPS) is 17.8. The molecule has 1 aromatic rings. The standard InChI is InChI=1S/C18H24FNO5/c1-3-12-24-13(2)16(21)20-10-8-18(9-11-20,17(22)23)25-15-7-5-4-6-14(15)19/h4-7,13H,3,8-12H2,1-2H3,(H,22,23)/t13-/m1/s1. The topological polar surface area (TPSA) is 76.1 Å². The SMILES string of the molecule is CCCO[C@H](C)C(=O)N1CCC(Oc2ccccc2F)(C(=O)O)CC1. The molecule has 0 saturated carbocycles. The molecule has 0 radical (unpaired) electrons. The summed E-state index contributed by atoms with van der Waals surface area (Å²) in [5.74, 6) is -2.02. The van der Waals surface area contributed by atoms with E-state index in [2.05, 4.69) is 0 Å². The van der Waals surface area contributed by atoms with Crippen molar-refractivity contribution < 1.29 is 28.6 Å². The van der Waals surface area contributed by atoms with Gasteiger partial charge >= 0.3 is 5.97 Å². The zero-order valence-electron chi connectivity index (χ0n) is 14.5. The van der Waals surface area contributed by atoms with Crippen LogP contribution in [0.4, 0.5) is 4.39 Å². The van der Waals surface area contributed by atoms with Crippen molar-refractivity contribution in [1.82, 2.24) is 4.90 Å². The summed E-state index contributed by atoms with van der Waals surface area (Å²) in [5, 5.41) is 9.62. The number of halogens is 1. The second kappa shape index (κ2) is 8.29. The van der Waals surface area contributed by atoms with Gasteiger partial charge in [0.1, 0.15) is 6.10 Å². The fraction of sp³-hybridized carbons (Fsp3) is 0.556. The van der Waals surface area contributed by atoms with Crippen LogP contribution in [0.1, 0.15) is 33.1 Å². The molecule has 0 aliphatic carbocycles. The number of likely N-dealkylation sites (tertiary alicyclic amines) is 1. The summed E-state index contributed by atoms with van der Waals surface area (Å²) >= 11 is 0. The van der Waals surface area contributed by atoms with E-state index in [0.717, 1.165) is 6.42 Å². The lowest BCUT2D eigenvalue weighted by Crippen LogP contribution is -2.55. The molecule has 138 valence electrons. The molecule has 0 bridgehead atoms. The van der Waals surface area contributed by atoms with Crippen molar-refractivity contribution in [2.45, 2.75) is 44.8 Å². The number of hydrogen-bond acceptors (Lipinski definition) is 4. The number of carboxylic acid groups (broad SMARTS) is 1. The highest BCUT2D eigenvalue weighted by Gasteiger charge is 2.45. The minimum Gasteiger partial charge on any atom is -0.478 e. The van der Waals surface area contributed by atoms with Crippen molar-refractivity contribution in [3.8, 4) is 5.75 Å². The summed E-state index contributed by atoms with van der Waals surface area (Å²) in [6.07, 6.45) is 0.423. The van der Waals surface area contributed by atoms with E-state index in [-0.39, 0.29) is 37.6 Å². The van der Waals surface area contributed by atoms with Crippen molar-refractivity contribution in [2.24, 2.45) is 0 Å². The first-order valence-corrected chi connectivity index (χ1v) is 8.47. The average Bonchev–Trinajstić information content (AvgIpc) is 2.61. The molecule has 1 N–H and O–H groups in total. The Morgan fingerprint density at radius 3 is 2.52 bits per heavy atom. The minimum absolute atomic E-state index is 0.0862. The highest BCUT2D eigenvalue weighted by Crippen LogP contribution is 2.31. The third-order valence-corrected chi connectivity index (χ3v) is 4.33. The van der Waals surface area contributed by atoms with Gasteiger partial charge in [-0.1, -0.05) is 19.1 Å². The number of hydrogen-bond donors (Lipinski definition) is 1. The molecule has 1 atom stereocenters. The predicted octanol–water partition coefficient (Wildman–Crippen LogP) is 2.47. The van der Waals surface area contributed by atoms with E-state index in [4.69, 9.17) is 9.47 Å². The molecule has 1 aromatic carbocycles. The zero-order chi connectivity index (χ0) is 18.4. The number of benzene rings is 1. The number of amides is 1. The fourth-order valence-electron chi connectivity index (χ4n) is 2.81. The molecule has 0 unspecified atom stereocenters. The molecule has 1 fully saturated rings. The van der Waals surface area contributed by atoms with Crippen LogP contribution in [0.2, 0.25) is 0 Å². The molecule has 1 heterocycles. The van der Waals surface area contributed by atoms with Crippen molar-refractivity contribution in [1.29, 1.82) is 0 Å². The van der Waals surface area contributed by atoms with Crippen molar-refractivity contribution >= 4 is 11.9 Å². The number of carbonyl (C=O) groups excluding carboxylic acids is 1. The number of rotatable bonds is 7. The van der Waals surface area contributed by atoms with Crippen LogP contribution in [-0.4, -0.2) is 53.3 Å². The first-order valence-electron chi connectivity index (χ1n) is 8.47. The van der Waals surface area contributed by atoms with Gasteiger partial charge in [-0.3, -0.25) is 4.79 Å². The highest BCUT2D eigenvalue weighted by molar-refractivity contribution is 5.82. The van der Waals surface area contributed by atoms with Gasteiger partial charge in [-0.05, 0) is 25.5 Å². The van der Waals surface area contributed by atoms with Gasteiger partial charge < -0.3 is 19.5 Å². The highest BCUT2D eigenvalue weighted by atomic mass is 19.1. The van der Waals surface area contributed by atoms with E-state index in [1.54, 1.807) is 17.9 Å². The zero-order valence-corrected chi connectivity index (χ0v) is 14.5. The van der Waals surface area contributed by atoms with Gasteiger partial charge in [0.2, 0.25) is 5.60 Å². The van der Waals surface area contributed by atoms with Crippen molar-refractivity contribution in [3.05, 3.63) is 30.1 Å². The summed E-state index contributed by atoms with van der Waals surface area (Å²) < 4.78 is 24.8. The Morgan fingerprint density at radius 1 is 1.32 bits per heavy atom. The third-order valence-electron chi connectivity index (χ3n) is 4.33. The second-order valence-corrected chi connectivity index (χ2v) is 6.17. The molecule has 1 aliphatic rings. The maximum atomic E-state index is 13.8. The molecule has 7 heteroatoms. The Morgan fingerprint density at radius 2 is 1.96 bits per heavy atom. The predicted molar refractivity (Wildman–Crippen MR) is 88.9 cm³/mol. The number of piperidine rings is 1. The summed E-state index contributed by atoms with van der Waals surface area (Å²) in [5.41, 5.74) is -1.54. The molecular weight excluding hydrogens is 329 g/mol. The molecule has 0 spiro atoms. The van der Waals surface area contributed by atoms with E-state index >= 15 is 0 Å². The van der Waals surface area contributed by atoms with Crippen LogP contribution in [0.5, 0.6) is 5.75 Å². The average molecular weight is 353 g/mol. The van der Waals surface area contributed by atoms with Crippen molar-refractivity contribution in [2.75, 3.05) is 19.7 Å². The van der Waals surface area contributed by atoms with Gasteiger partial charge in [-0.25, -0.2) is 9.18 Å². The summed E-state index contributed by atoms with van der Waals surface area (Å²) in [4.78, 5) is 25.7. The molecule has 1 amide bonds. The maximum Gasteiger partial charge on any atom is 0.348 e. The Bertz CT molecular complexity index is 613. The summed E-state index contributed by atoms with van der Waals surface area (Å²) in [6, 6.07) is 5.71. The molecule has 1 saturated heterocycles. The lowest BCUT2D eigenvalue weighted by molar-refractivity contribution is -0.163. The number of carbonyl (C=O) groups is 2. The number of ether oxygens (including phenoxy) is 2. The van der Waals surface area contributed by atoms with E-state index in [1.165, 1.54) is 18.2 Å². The minimum atomic E-state index is -1.54. The lowest BCUT2D eigenvalue weighted by atomic mass is 9.90. The quantitative estimate of drug-likeness (QED) is 0.815. The van der Waals surface area contributed by atoms with Gasteiger partial charge in [-0.2, -0.15) is 0 Å². The largest absolute Gasteiger partial charge is 0.478 e. The van der Waals surface area contributed by atoms with Gasteiger partial charge in [0.05, 0.1) is 0 Å². The van der Waals surface area contributed by atoms with Crippen LogP contribution in [-0.2, 0) is 14.3 Å². The Hall–Kier alpha value is -2.15. The van der Waals surface area contributed by atoms with E-state index in [0.29, 0.717) is 6.61 Å². The van der Waals surface area contributed by atoms with E-state index in [1.807, 2.05) is 6.92 Å². The van der Waals surface area contributed by atoms with Crippen LogP contribution < -0.4 is 4.74 Å². The molecule has 1 aliphatic heterocycles. The Labute approximate surface area is 146 Å². The van der Waals surface area contributed by atoms with Gasteiger partial charge in [0, 0.05) is 32.5 Å². The molecular formula is C18H24FNO5. The smallest absolute Gasteiger partial charge is 0.348 e. The number of para-hydroxylation sites is 1. The van der Waals surface area contributed by atoms with Crippen LogP contribution in [0, 0.1) is 5.82 Å². The Kier molecular flexibility index (Phi) is 6.36. The van der Waals surface area contributed by atoms with Gasteiger partial charge in [0.25, 0.3) is 5.91 Å². The molecule has 0 aromatic heterocycles. The lowest BCUT2D eigenvalue weighted by Gasteiger charge is -2.39. The molecule has 2 rings (SSSR count). The fourth-order valence-corrected chi connectivity index (χ4v) is 2.81. The molecule has 6 nitrogen and oxygen atoms in total. The first kappa shape index (κ1) is 19.2. The number of aliphatic carboxylic acids is 1. The number of carboxylic acids is 1. The van der Waals surface area contributed by atoms with Crippen LogP contribution in [0.3, 0.4) is 0 Å². The maximum absolute atomic E-state index is 13.8. The second-order valence-electron chi connectivity index (χ2n) is 6.17. The van der Waals surface area contributed by atoms with E-state index in [9.17, 15) is 19.1 Å². The molecule has 25 heavy (non-hydrogen) atoms. The van der Waals surface area contributed by atoms with E-state index < -0.39 is 23.5 Å². The first-order chi connectivity index (χ1) is 11.9. The monoisotopic (exact) mass is 353 g/mol. The summed E-state index contributed by atoms with van der Waals surface area (Å²) in [7, 11) is 0. The van der Waals surface area contributed by atoms with Crippen LogP contribution >= 0.6 is 0 Å². The van der Waals surface area contributed by atoms with Crippen LogP contribution in [0.15, 0.2) is 24.3 Å². The summed E-state index contributed by atoms with van der Waals surface area (Å²) in [6.45, 7) is 4.58. The third kappa shape index (κ3) is 4.48. The van der Waals surface area contributed by atoms with Crippen molar-refractivity contribution in [3.63, 3.8) is 0 Å².